The molecular formula is C29H39N3O4. The lowest BCUT2D eigenvalue weighted by molar-refractivity contribution is -0.151. The Morgan fingerprint density at radius 1 is 1.03 bits per heavy atom. The maximum Gasteiger partial charge on any atom is 0.306 e. The van der Waals surface area contributed by atoms with E-state index < -0.39 is 23.8 Å². The molecular weight excluding hydrogens is 454 g/mol. The van der Waals surface area contributed by atoms with Crippen LogP contribution in [-0.4, -0.2) is 47.5 Å². The fourth-order valence-corrected chi connectivity index (χ4v) is 4.89. The maximum atomic E-state index is 13.7. The minimum Gasteiger partial charge on any atom is -0.481 e. The van der Waals surface area contributed by atoms with Crippen molar-refractivity contribution in [1.29, 1.82) is 0 Å². The number of amides is 2. The number of carbonyl (C=O) groups is 3. The van der Waals surface area contributed by atoms with Crippen molar-refractivity contribution in [3.8, 4) is 11.1 Å². The van der Waals surface area contributed by atoms with Crippen LogP contribution in [0, 0.1) is 11.8 Å². The molecule has 3 rings (SSSR count). The first-order valence-electron chi connectivity index (χ1n) is 13.1. The Kier molecular flexibility index (Phi) is 10.5. The summed E-state index contributed by atoms with van der Waals surface area (Å²) in [5, 5.41) is 14.0. The van der Waals surface area contributed by atoms with Gasteiger partial charge in [-0.25, -0.2) is 5.43 Å². The third-order valence-electron chi connectivity index (χ3n) is 7.05. The second-order valence-electron chi connectivity index (χ2n) is 9.60. The molecule has 1 saturated heterocycles. The van der Waals surface area contributed by atoms with Crippen LogP contribution in [0.1, 0.15) is 57.4 Å². The molecule has 36 heavy (non-hydrogen) atoms. The quantitative estimate of drug-likeness (QED) is 0.406. The van der Waals surface area contributed by atoms with Gasteiger partial charge in [-0.2, -0.15) is 0 Å². The van der Waals surface area contributed by atoms with Crippen LogP contribution >= 0.6 is 0 Å². The summed E-state index contributed by atoms with van der Waals surface area (Å²) in [4.78, 5) is 38.2. The molecule has 0 aliphatic carbocycles. The van der Waals surface area contributed by atoms with E-state index in [9.17, 15) is 19.5 Å². The minimum absolute atomic E-state index is 0.188. The average Bonchev–Trinajstić information content (AvgIpc) is 2.92. The molecule has 1 heterocycles. The van der Waals surface area contributed by atoms with Crippen molar-refractivity contribution in [2.24, 2.45) is 11.8 Å². The largest absolute Gasteiger partial charge is 0.481 e. The number of hydrazine groups is 1. The number of aliphatic carboxylic acids is 1. The lowest BCUT2D eigenvalue weighted by Gasteiger charge is -2.37. The predicted molar refractivity (Wildman–Crippen MR) is 141 cm³/mol. The Bertz CT molecular complexity index is 993. The molecule has 2 aromatic rings. The van der Waals surface area contributed by atoms with E-state index in [1.807, 2.05) is 25.1 Å². The molecule has 2 aromatic carbocycles. The SMILES string of the molecule is CCCC[C@@H](C[C@@H](CCc1ccc(-c2ccccc2)cc1)C(=O)N1NCCC[C@H]1C(=O)NC)C(=O)O. The molecule has 0 aromatic heterocycles. The van der Waals surface area contributed by atoms with Crippen LogP contribution in [0.25, 0.3) is 11.1 Å². The number of carboxylic acids is 1. The second kappa shape index (κ2) is 13.8. The van der Waals surface area contributed by atoms with E-state index in [1.165, 1.54) is 5.01 Å². The fourth-order valence-electron chi connectivity index (χ4n) is 4.89. The van der Waals surface area contributed by atoms with Gasteiger partial charge in [-0.15, -0.1) is 0 Å². The van der Waals surface area contributed by atoms with Crippen LogP contribution < -0.4 is 10.7 Å². The molecule has 1 aliphatic rings. The number of unbranched alkanes of at least 4 members (excludes halogenated alkanes) is 1. The van der Waals surface area contributed by atoms with Gasteiger partial charge in [0.15, 0.2) is 0 Å². The van der Waals surface area contributed by atoms with Gasteiger partial charge in [-0.05, 0) is 55.2 Å². The van der Waals surface area contributed by atoms with Crippen molar-refractivity contribution in [3.05, 3.63) is 60.2 Å². The molecule has 3 N–H and O–H groups in total. The van der Waals surface area contributed by atoms with Gasteiger partial charge >= 0.3 is 5.97 Å². The topological polar surface area (TPSA) is 98.7 Å². The lowest BCUT2D eigenvalue weighted by atomic mass is 9.85. The maximum absolute atomic E-state index is 13.7. The Balaban J connectivity index is 1.77. The Morgan fingerprint density at radius 2 is 1.72 bits per heavy atom. The number of carboxylic acid groups (broad SMARTS) is 1. The molecule has 0 unspecified atom stereocenters. The molecule has 0 spiro atoms. The van der Waals surface area contributed by atoms with E-state index >= 15 is 0 Å². The summed E-state index contributed by atoms with van der Waals surface area (Å²) in [5.41, 5.74) is 6.48. The second-order valence-corrected chi connectivity index (χ2v) is 9.60. The van der Waals surface area contributed by atoms with Gasteiger partial charge < -0.3 is 10.4 Å². The van der Waals surface area contributed by atoms with Gasteiger partial charge in [0.2, 0.25) is 11.8 Å². The lowest BCUT2D eigenvalue weighted by Crippen LogP contribution is -2.59. The zero-order valence-electron chi connectivity index (χ0n) is 21.4. The first-order chi connectivity index (χ1) is 17.4. The normalized spacial score (nSPS) is 17.3. The monoisotopic (exact) mass is 493 g/mol. The van der Waals surface area contributed by atoms with Gasteiger partial charge in [0.25, 0.3) is 0 Å². The molecule has 1 fully saturated rings. The number of carbonyl (C=O) groups excluding carboxylic acids is 2. The summed E-state index contributed by atoms with van der Waals surface area (Å²) >= 11 is 0. The van der Waals surface area contributed by atoms with Crippen molar-refractivity contribution in [2.75, 3.05) is 13.6 Å². The summed E-state index contributed by atoms with van der Waals surface area (Å²) < 4.78 is 0. The highest BCUT2D eigenvalue weighted by Crippen LogP contribution is 2.27. The number of benzene rings is 2. The van der Waals surface area contributed by atoms with E-state index in [2.05, 4.69) is 47.1 Å². The minimum atomic E-state index is -0.858. The number of hydrogen-bond acceptors (Lipinski definition) is 4. The zero-order valence-corrected chi connectivity index (χ0v) is 21.4. The molecule has 2 amide bonds. The summed E-state index contributed by atoms with van der Waals surface area (Å²) in [6.45, 7) is 2.65. The Morgan fingerprint density at radius 3 is 2.36 bits per heavy atom. The first kappa shape index (κ1) is 27.4. The van der Waals surface area contributed by atoms with Crippen LogP contribution in [0.4, 0.5) is 0 Å². The molecule has 0 saturated carbocycles. The summed E-state index contributed by atoms with van der Waals surface area (Å²) in [6.07, 6.45) is 5.10. The van der Waals surface area contributed by atoms with Crippen LogP contribution in [0.3, 0.4) is 0 Å². The van der Waals surface area contributed by atoms with Gasteiger partial charge in [0.05, 0.1) is 5.92 Å². The molecule has 194 valence electrons. The van der Waals surface area contributed by atoms with Crippen molar-refractivity contribution < 1.29 is 19.5 Å². The Hall–Kier alpha value is -3.19. The predicted octanol–water partition coefficient (Wildman–Crippen LogP) is 4.43. The van der Waals surface area contributed by atoms with Gasteiger partial charge in [0.1, 0.15) is 6.04 Å². The number of hydrogen-bond donors (Lipinski definition) is 3. The van der Waals surface area contributed by atoms with E-state index in [1.54, 1.807) is 7.05 Å². The number of nitrogens with zero attached hydrogens (tertiary/aromatic N) is 1. The number of nitrogens with one attached hydrogen (secondary N) is 2. The van der Waals surface area contributed by atoms with Crippen LogP contribution in [-0.2, 0) is 20.8 Å². The van der Waals surface area contributed by atoms with E-state index in [4.69, 9.17) is 0 Å². The van der Waals surface area contributed by atoms with Crippen LogP contribution in [0.15, 0.2) is 54.6 Å². The fraction of sp³-hybridized carbons (Fsp3) is 0.483. The highest BCUT2D eigenvalue weighted by molar-refractivity contribution is 5.88. The van der Waals surface area contributed by atoms with Crippen molar-refractivity contribution >= 4 is 17.8 Å². The number of rotatable bonds is 12. The van der Waals surface area contributed by atoms with Gasteiger partial charge in [-0.1, -0.05) is 74.4 Å². The number of likely N-dealkylation sites (N-methyl/N-ethyl adjacent to an activating group) is 1. The average molecular weight is 494 g/mol. The molecule has 0 radical (unpaired) electrons. The standard InChI is InChI=1S/C29H39N3O4/c1-3-4-9-25(29(35)36)20-24(28(34)32-26(27(33)30-2)12-8-19-31-32)18-15-21-13-16-23(17-14-21)22-10-6-5-7-11-22/h5-7,10-11,13-14,16-17,24-26,31H,3-4,8-9,12,15,18-20H2,1-2H3,(H,30,33)(H,35,36)/t24-,25+,26+/m1/s1. The summed E-state index contributed by atoms with van der Waals surface area (Å²) in [6, 6.07) is 17.9. The summed E-state index contributed by atoms with van der Waals surface area (Å²) in [5.74, 6) is -2.32. The Labute approximate surface area is 214 Å². The highest BCUT2D eigenvalue weighted by Gasteiger charge is 2.37. The smallest absolute Gasteiger partial charge is 0.306 e. The van der Waals surface area contributed by atoms with Crippen molar-refractivity contribution in [2.45, 2.75) is 64.3 Å². The first-order valence-corrected chi connectivity index (χ1v) is 13.1. The van der Waals surface area contributed by atoms with E-state index in [-0.39, 0.29) is 18.2 Å². The molecule has 3 atom stereocenters. The third kappa shape index (κ3) is 7.40. The number of aryl methyl sites for hydroxylation is 1. The van der Waals surface area contributed by atoms with Crippen LogP contribution in [0.5, 0.6) is 0 Å². The van der Waals surface area contributed by atoms with Gasteiger partial charge in [0, 0.05) is 19.5 Å². The molecule has 1 aliphatic heterocycles. The van der Waals surface area contributed by atoms with E-state index in [0.29, 0.717) is 32.2 Å². The summed E-state index contributed by atoms with van der Waals surface area (Å²) in [7, 11) is 1.57. The molecule has 0 bridgehead atoms. The highest BCUT2D eigenvalue weighted by atomic mass is 16.4. The van der Waals surface area contributed by atoms with Gasteiger partial charge in [-0.3, -0.25) is 19.4 Å². The third-order valence-corrected chi connectivity index (χ3v) is 7.05. The van der Waals surface area contributed by atoms with Crippen LogP contribution in [0.2, 0.25) is 0 Å². The van der Waals surface area contributed by atoms with E-state index in [0.717, 1.165) is 36.0 Å². The van der Waals surface area contributed by atoms with Crippen molar-refractivity contribution in [3.63, 3.8) is 0 Å². The molecule has 7 heteroatoms. The molecule has 7 nitrogen and oxygen atoms in total. The van der Waals surface area contributed by atoms with Crippen molar-refractivity contribution in [1.82, 2.24) is 15.8 Å². The zero-order chi connectivity index (χ0) is 25.9.